The fraction of sp³-hybridized carbons (Fsp3) is 0.452. The zero-order valence-electron chi connectivity index (χ0n) is 23.3. The van der Waals surface area contributed by atoms with Crippen LogP contribution in [0.15, 0.2) is 42.6 Å². The molecule has 208 valence electrons. The first-order valence-corrected chi connectivity index (χ1v) is 13.3. The molecule has 0 radical (unpaired) electrons. The lowest BCUT2D eigenvalue weighted by Crippen LogP contribution is -2.39. The molecule has 3 aromatic rings. The highest BCUT2D eigenvalue weighted by Gasteiger charge is 2.36. The second kappa shape index (κ2) is 12.4. The first-order valence-electron chi connectivity index (χ1n) is 13.3. The number of aldehydes is 1. The number of hydrogen-bond acceptors (Lipinski definition) is 6. The number of piperidine rings is 1. The van der Waals surface area contributed by atoms with Crippen LogP contribution in [0.25, 0.3) is 0 Å². The smallest absolute Gasteiger partial charge is 0.141 e. The molecule has 2 atom stereocenters. The molecule has 0 bridgehead atoms. The molecule has 39 heavy (non-hydrogen) atoms. The van der Waals surface area contributed by atoms with Gasteiger partial charge in [0.2, 0.25) is 0 Å². The molecule has 2 heterocycles. The summed E-state index contributed by atoms with van der Waals surface area (Å²) < 4.78 is 41.1. The standard InChI is InChI=1S/C31H37F2N3O3/c1-20-13-21(2)15-23(14-20)18-39-31(4,19-38-5)25-16-34-22(3)35-30(25)24-9-11-36(12-10-24)28(17-37)29-26(32)7-6-8-27(29)33/h6-8,13-17,24,28H,9-12,18-19H2,1-5H3. The van der Waals surface area contributed by atoms with Crippen LogP contribution in [-0.4, -0.2) is 48.0 Å². The van der Waals surface area contributed by atoms with Gasteiger partial charge >= 0.3 is 0 Å². The van der Waals surface area contributed by atoms with Crippen molar-refractivity contribution in [2.24, 2.45) is 0 Å². The number of carbonyl (C=O) groups excluding carboxylic acids is 1. The predicted molar refractivity (Wildman–Crippen MR) is 145 cm³/mol. The van der Waals surface area contributed by atoms with Gasteiger partial charge in [0, 0.05) is 30.4 Å². The highest BCUT2D eigenvalue weighted by atomic mass is 19.1. The average Bonchev–Trinajstić information content (AvgIpc) is 2.89. The van der Waals surface area contributed by atoms with Crippen molar-refractivity contribution >= 4 is 6.29 Å². The minimum absolute atomic E-state index is 0.0664. The lowest BCUT2D eigenvalue weighted by Gasteiger charge is -2.38. The van der Waals surface area contributed by atoms with Gasteiger partial charge < -0.3 is 14.3 Å². The van der Waals surface area contributed by atoms with Crippen LogP contribution in [0.2, 0.25) is 0 Å². The number of likely N-dealkylation sites (tertiary alicyclic amines) is 1. The summed E-state index contributed by atoms with van der Waals surface area (Å²) in [5, 5.41) is 0. The topological polar surface area (TPSA) is 64.6 Å². The molecular weight excluding hydrogens is 500 g/mol. The van der Waals surface area contributed by atoms with Gasteiger partial charge in [-0.25, -0.2) is 18.7 Å². The Morgan fingerprint density at radius 1 is 1.10 bits per heavy atom. The fourth-order valence-corrected chi connectivity index (χ4v) is 5.65. The van der Waals surface area contributed by atoms with Gasteiger partial charge in [-0.3, -0.25) is 4.90 Å². The monoisotopic (exact) mass is 537 g/mol. The molecule has 0 saturated carbocycles. The van der Waals surface area contributed by atoms with Gasteiger partial charge in [0.25, 0.3) is 0 Å². The van der Waals surface area contributed by atoms with Crippen molar-refractivity contribution < 1.29 is 23.0 Å². The van der Waals surface area contributed by atoms with E-state index < -0.39 is 23.3 Å². The van der Waals surface area contributed by atoms with E-state index in [2.05, 4.69) is 37.0 Å². The van der Waals surface area contributed by atoms with Gasteiger partial charge in [0.15, 0.2) is 0 Å². The highest BCUT2D eigenvalue weighted by Crippen LogP contribution is 2.38. The van der Waals surface area contributed by atoms with Crippen molar-refractivity contribution in [1.82, 2.24) is 14.9 Å². The highest BCUT2D eigenvalue weighted by molar-refractivity contribution is 5.62. The molecule has 1 aliphatic heterocycles. The maximum absolute atomic E-state index is 14.5. The molecule has 1 aromatic heterocycles. The number of carbonyl (C=O) groups is 1. The molecule has 6 nitrogen and oxygen atoms in total. The number of rotatable bonds is 10. The maximum atomic E-state index is 14.5. The molecule has 4 rings (SSSR count). The fourth-order valence-electron chi connectivity index (χ4n) is 5.65. The first-order chi connectivity index (χ1) is 18.6. The Kier molecular flexibility index (Phi) is 9.20. The van der Waals surface area contributed by atoms with Crippen LogP contribution in [0, 0.1) is 32.4 Å². The number of hydrogen-bond donors (Lipinski definition) is 0. The third kappa shape index (κ3) is 6.57. The summed E-state index contributed by atoms with van der Waals surface area (Å²) in [5.74, 6) is -0.695. The Hall–Kier alpha value is -3.07. The molecule has 0 N–H and O–H groups in total. The molecule has 1 aliphatic rings. The largest absolute Gasteiger partial charge is 0.381 e. The quantitative estimate of drug-likeness (QED) is 0.301. The first kappa shape index (κ1) is 28.9. The van der Waals surface area contributed by atoms with Gasteiger partial charge in [-0.05, 0) is 71.3 Å². The Morgan fingerprint density at radius 3 is 2.33 bits per heavy atom. The molecule has 2 unspecified atom stereocenters. The lowest BCUT2D eigenvalue weighted by atomic mass is 9.85. The summed E-state index contributed by atoms with van der Waals surface area (Å²) >= 11 is 0. The zero-order chi connectivity index (χ0) is 28.2. The van der Waals surface area contributed by atoms with E-state index in [-0.39, 0.29) is 11.5 Å². The summed E-state index contributed by atoms with van der Waals surface area (Å²) in [4.78, 5) is 23.1. The van der Waals surface area contributed by atoms with E-state index in [9.17, 15) is 13.6 Å². The molecule has 0 spiro atoms. The SMILES string of the molecule is COCC(C)(OCc1cc(C)cc(C)c1)c1cnc(C)nc1C1CCN(C(C=O)c2c(F)cccc2F)CC1. The molecule has 1 fully saturated rings. The van der Waals surface area contributed by atoms with Crippen molar-refractivity contribution in [1.29, 1.82) is 0 Å². The van der Waals surface area contributed by atoms with Gasteiger partial charge in [-0.1, -0.05) is 35.4 Å². The summed E-state index contributed by atoms with van der Waals surface area (Å²) in [6.45, 7) is 9.70. The van der Waals surface area contributed by atoms with Crippen LogP contribution >= 0.6 is 0 Å². The Bertz CT molecular complexity index is 1270. The van der Waals surface area contributed by atoms with Crippen molar-refractivity contribution in [3.63, 3.8) is 0 Å². The molecule has 1 saturated heterocycles. The van der Waals surface area contributed by atoms with Gasteiger partial charge in [0.05, 0.1) is 24.9 Å². The van der Waals surface area contributed by atoms with Crippen LogP contribution in [0.5, 0.6) is 0 Å². The predicted octanol–water partition coefficient (Wildman–Crippen LogP) is 5.88. The minimum atomic E-state index is -0.973. The molecule has 0 aliphatic carbocycles. The van der Waals surface area contributed by atoms with E-state index in [1.165, 1.54) is 29.3 Å². The van der Waals surface area contributed by atoms with Crippen LogP contribution in [-0.2, 0) is 26.5 Å². The van der Waals surface area contributed by atoms with Crippen molar-refractivity contribution in [2.45, 2.75) is 64.7 Å². The maximum Gasteiger partial charge on any atom is 0.141 e. The molecule has 2 aromatic carbocycles. The van der Waals surface area contributed by atoms with Gasteiger partial charge in [-0.15, -0.1) is 0 Å². The number of aromatic nitrogens is 2. The number of methoxy groups -OCH3 is 1. The second-order valence-corrected chi connectivity index (χ2v) is 10.7. The third-order valence-corrected chi connectivity index (χ3v) is 7.50. The van der Waals surface area contributed by atoms with Gasteiger partial charge in [-0.2, -0.15) is 0 Å². The molecule has 0 amide bonds. The van der Waals surface area contributed by atoms with Crippen LogP contribution in [0.4, 0.5) is 8.78 Å². The number of nitrogens with zero attached hydrogens (tertiary/aromatic N) is 3. The van der Waals surface area contributed by atoms with Gasteiger partial charge in [0.1, 0.15) is 29.3 Å². The Labute approximate surface area is 229 Å². The van der Waals surface area contributed by atoms with Crippen molar-refractivity contribution in [3.05, 3.63) is 93.6 Å². The third-order valence-electron chi connectivity index (χ3n) is 7.50. The summed E-state index contributed by atoms with van der Waals surface area (Å²) in [7, 11) is 1.65. The summed E-state index contributed by atoms with van der Waals surface area (Å²) in [5.41, 5.74) is 4.20. The van der Waals surface area contributed by atoms with E-state index in [1.54, 1.807) is 7.11 Å². The van der Waals surface area contributed by atoms with E-state index in [0.29, 0.717) is 51.3 Å². The summed E-state index contributed by atoms with van der Waals surface area (Å²) in [6.07, 6.45) is 3.79. The normalized spacial score (nSPS) is 17.1. The molecular formula is C31H37F2N3O3. The zero-order valence-corrected chi connectivity index (χ0v) is 23.3. The van der Waals surface area contributed by atoms with Crippen molar-refractivity contribution in [2.75, 3.05) is 26.8 Å². The average molecular weight is 538 g/mol. The lowest BCUT2D eigenvalue weighted by molar-refractivity contribution is -0.113. The minimum Gasteiger partial charge on any atom is -0.381 e. The van der Waals surface area contributed by atoms with E-state index in [4.69, 9.17) is 14.5 Å². The Balaban J connectivity index is 1.57. The van der Waals surface area contributed by atoms with Crippen LogP contribution < -0.4 is 0 Å². The van der Waals surface area contributed by atoms with E-state index >= 15 is 0 Å². The summed E-state index contributed by atoms with van der Waals surface area (Å²) in [6, 6.07) is 9.07. The van der Waals surface area contributed by atoms with E-state index in [0.717, 1.165) is 16.8 Å². The number of benzene rings is 2. The Morgan fingerprint density at radius 2 is 1.74 bits per heavy atom. The number of aryl methyl sites for hydroxylation is 3. The van der Waals surface area contributed by atoms with Crippen molar-refractivity contribution in [3.8, 4) is 0 Å². The van der Waals surface area contributed by atoms with Crippen LogP contribution in [0.1, 0.15) is 71.1 Å². The second-order valence-electron chi connectivity index (χ2n) is 10.7. The number of ether oxygens (including phenoxy) is 2. The van der Waals surface area contributed by atoms with Crippen LogP contribution in [0.3, 0.4) is 0 Å². The number of halogens is 2. The molecule has 8 heteroatoms. The van der Waals surface area contributed by atoms with E-state index in [1.807, 2.05) is 24.9 Å².